The van der Waals surface area contributed by atoms with Crippen LogP contribution >= 0.6 is 0 Å². The number of amides is 2. The first kappa shape index (κ1) is 19.0. The molecule has 0 bridgehead atoms. The van der Waals surface area contributed by atoms with E-state index in [9.17, 15) is 9.59 Å². The first-order valence-electron chi connectivity index (χ1n) is 9.79. The number of rotatable bonds is 6. The van der Waals surface area contributed by atoms with E-state index in [1.54, 1.807) is 7.11 Å². The number of hydrogen-bond acceptors (Lipinski definition) is 3. The lowest BCUT2D eigenvalue weighted by Crippen LogP contribution is -2.29. The SMILES string of the molecule is COc1ccc(C(CC(=O)Nc2ccc3c4c(cccc24)CC3)NC(C)=O)cc1. The molecular formula is C24H24N2O3. The van der Waals surface area contributed by atoms with Gasteiger partial charge in [0.05, 0.1) is 19.6 Å². The lowest BCUT2D eigenvalue weighted by Gasteiger charge is -2.19. The Hall–Kier alpha value is -3.34. The Balaban J connectivity index is 1.55. The molecule has 0 heterocycles. The number of nitrogens with one attached hydrogen (secondary N) is 2. The molecule has 2 N–H and O–H groups in total. The van der Waals surface area contributed by atoms with Crippen LogP contribution in [0.3, 0.4) is 0 Å². The summed E-state index contributed by atoms with van der Waals surface area (Å²) in [5.74, 6) is 0.412. The minimum Gasteiger partial charge on any atom is -0.497 e. The molecule has 0 saturated carbocycles. The van der Waals surface area contributed by atoms with E-state index in [-0.39, 0.29) is 18.2 Å². The summed E-state index contributed by atoms with van der Waals surface area (Å²) in [5, 5.41) is 8.26. The molecule has 1 atom stereocenters. The Morgan fingerprint density at radius 3 is 2.41 bits per heavy atom. The van der Waals surface area contributed by atoms with Crippen LogP contribution in [-0.4, -0.2) is 18.9 Å². The van der Waals surface area contributed by atoms with Crippen LogP contribution in [0.2, 0.25) is 0 Å². The lowest BCUT2D eigenvalue weighted by atomic mass is 10.0. The zero-order valence-corrected chi connectivity index (χ0v) is 16.6. The molecule has 0 saturated heterocycles. The molecule has 3 aromatic carbocycles. The summed E-state index contributed by atoms with van der Waals surface area (Å²) in [6, 6.07) is 17.3. The van der Waals surface area contributed by atoms with Crippen LogP contribution in [0.15, 0.2) is 54.6 Å². The van der Waals surface area contributed by atoms with Crippen LogP contribution in [0.25, 0.3) is 10.8 Å². The van der Waals surface area contributed by atoms with Gasteiger partial charge in [-0.25, -0.2) is 0 Å². The van der Waals surface area contributed by atoms with Gasteiger partial charge in [0.15, 0.2) is 0 Å². The van der Waals surface area contributed by atoms with Crippen molar-refractivity contribution in [2.45, 2.75) is 32.2 Å². The highest BCUT2D eigenvalue weighted by Gasteiger charge is 2.20. The average Bonchev–Trinajstić information content (AvgIpc) is 3.14. The normalized spacial score (nSPS) is 13.2. The van der Waals surface area contributed by atoms with Gasteiger partial charge in [-0.15, -0.1) is 0 Å². The van der Waals surface area contributed by atoms with E-state index in [1.165, 1.54) is 23.4 Å². The maximum Gasteiger partial charge on any atom is 0.226 e. The van der Waals surface area contributed by atoms with Crippen molar-refractivity contribution in [1.29, 1.82) is 0 Å². The number of ether oxygens (including phenoxy) is 1. The summed E-state index contributed by atoms with van der Waals surface area (Å²) >= 11 is 0. The third-order valence-corrected chi connectivity index (χ3v) is 5.44. The van der Waals surface area contributed by atoms with Crippen molar-refractivity contribution in [3.8, 4) is 5.75 Å². The van der Waals surface area contributed by atoms with E-state index >= 15 is 0 Å². The quantitative estimate of drug-likeness (QED) is 0.667. The third-order valence-electron chi connectivity index (χ3n) is 5.44. The van der Waals surface area contributed by atoms with Gasteiger partial charge in [-0.3, -0.25) is 9.59 Å². The first-order chi connectivity index (χ1) is 14.0. The average molecular weight is 388 g/mol. The Bertz CT molecular complexity index is 1060. The van der Waals surface area contributed by atoms with Gasteiger partial charge in [0.2, 0.25) is 11.8 Å². The number of aryl methyl sites for hydroxylation is 2. The Labute approximate surface area is 170 Å². The van der Waals surface area contributed by atoms with Gasteiger partial charge in [-0.2, -0.15) is 0 Å². The number of anilines is 1. The van der Waals surface area contributed by atoms with Crippen molar-refractivity contribution < 1.29 is 14.3 Å². The number of hydrogen-bond donors (Lipinski definition) is 2. The fourth-order valence-corrected chi connectivity index (χ4v) is 4.08. The first-order valence-corrected chi connectivity index (χ1v) is 9.79. The van der Waals surface area contributed by atoms with Crippen LogP contribution in [0.1, 0.15) is 36.1 Å². The summed E-state index contributed by atoms with van der Waals surface area (Å²) in [7, 11) is 1.60. The monoisotopic (exact) mass is 388 g/mol. The van der Waals surface area contributed by atoms with E-state index in [0.717, 1.165) is 35.2 Å². The predicted molar refractivity (Wildman–Crippen MR) is 114 cm³/mol. The highest BCUT2D eigenvalue weighted by atomic mass is 16.5. The van der Waals surface area contributed by atoms with E-state index in [0.29, 0.717) is 0 Å². The summed E-state index contributed by atoms with van der Waals surface area (Å²) in [6.45, 7) is 1.46. The second kappa shape index (κ2) is 7.95. The van der Waals surface area contributed by atoms with Crippen LogP contribution in [-0.2, 0) is 22.4 Å². The van der Waals surface area contributed by atoms with Gasteiger partial charge in [0.25, 0.3) is 0 Å². The van der Waals surface area contributed by atoms with E-state index in [1.807, 2.05) is 36.4 Å². The molecule has 1 aliphatic rings. The number of carbonyl (C=O) groups is 2. The maximum absolute atomic E-state index is 12.8. The number of methoxy groups -OCH3 is 1. The molecule has 0 spiro atoms. The minimum atomic E-state index is -0.407. The molecule has 1 aliphatic carbocycles. The van der Waals surface area contributed by atoms with Crippen LogP contribution < -0.4 is 15.4 Å². The lowest BCUT2D eigenvalue weighted by molar-refractivity contribution is -0.120. The molecule has 0 aliphatic heterocycles. The highest BCUT2D eigenvalue weighted by Crippen LogP contribution is 2.35. The molecule has 5 nitrogen and oxygen atoms in total. The fourth-order valence-electron chi connectivity index (χ4n) is 4.08. The van der Waals surface area contributed by atoms with Crippen molar-refractivity contribution >= 4 is 28.3 Å². The summed E-state index contributed by atoms with van der Waals surface area (Å²) in [4.78, 5) is 24.5. The van der Waals surface area contributed by atoms with Crippen molar-refractivity contribution in [1.82, 2.24) is 5.32 Å². The largest absolute Gasteiger partial charge is 0.497 e. The van der Waals surface area contributed by atoms with Crippen LogP contribution in [0.5, 0.6) is 5.75 Å². The Morgan fingerprint density at radius 1 is 1.00 bits per heavy atom. The third kappa shape index (κ3) is 3.94. The summed E-state index contributed by atoms with van der Waals surface area (Å²) in [5.41, 5.74) is 4.34. The second-order valence-electron chi connectivity index (χ2n) is 7.39. The molecule has 0 radical (unpaired) electrons. The molecule has 2 amide bonds. The van der Waals surface area contributed by atoms with Gasteiger partial charge >= 0.3 is 0 Å². The topological polar surface area (TPSA) is 67.4 Å². The molecule has 4 rings (SSSR count). The van der Waals surface area contributed by atoms with Crippen molar-refractivity contribution in [3.05, 3.63) is 71.3 Å². The van der Waals surface area contributed by atoms with E-state index < -0.39 is 6.04 Å². The fraction of sp³-hybridized carbons (Fsp3) is 0.250. The summed E-state index contributed by atoms with van der Waals surface area (Å²) < 4.78 is 5.19. The Morgan fingerprint density at radius 2 is 1.72 bits per heavy atom. The van der Waals surface area contributed by atoms with Gasteiger partial charge in [0, 0.05) is 18.0 Å². The molecule has 1 unspecified atom stereocenters. The van der Waals surface area contributed by atoms with Crippen LogP contribution in [0, 0.1) is 0 Å². The zero-order valence-electron chi connectivity index (χ0n) is 16.6. The molecule has 0 fully saturated rings. The van der Waals surface area contributed by atoms with Crippen molar-refractivity contribution in [3.63, 3.8) is 0 Å². The second-order valence-corrected chi connectivity index (χ2v) is 7.39. The van der Waals surface area contributed by atoms with E-state index in [2.05, 4.69) is 28.8 Å². The van der Waals surface area contributed by atoms with E-state index in [4.69, 9.17) is 4.74 Å². The van der Waals surface area contributed by atoms with Crippen LogP contribution in [0.4, 0.5) is 5.69 Å². The molecule has 3 aromatic rings. The minimum absolute atomic E-state index is 0.140. The molecule has 5 heteroatoms. The molecule has 148 valence electrons. The van der Waals surface area contributed by atoms with Crippen molar-refractivity contribution in [2.24, 2.45) is 0 Å². The Kier molecular flexibility index (Phi) is 5.21. The van der Waals surface area contributed by atoms with Gasteiger partial charge < -0.3 is 15.4 Å². The van der Waals surface area contributed by atoms with Gasteiger partial charge in [-0.1, -0.05) is 36.4 Å². The standard InChI is InChI=1S/C24H24N2O3/c1-15(27)25-22(16-8-11-19(29-2)12-9-16)14-23(28)26-21-13-10-18-7-6-17-4-3-5-20(21)24(17)18/h3-5,8-13,22H,6-7,14H2,1-2H3,(H,25,27)(H,26,28). The maximum atomic E-state index is 12.8. The smallest absolute Gasteiger partial charge is 0.226 e. The molecule has 29 heavy (non-hydrogen) atoms. The van der Waals surface area contributed by atoms with Crippen molar-refractivity contribution in [2.75, 3.05) is 12.4 Å². The number of carbonyl (C=O) groups excluding carboxylic acids is 2. The zero-order chi connectivity index (χ0) is 20.4. The predicted octanol–water partition coefficient (Wildman–Crippen LogP) is 4.15. The molecular weight excluding hydrogens is 364 g/mol. The molecule has 0 aromatic heterocycles. The number of benzene rings is 3. The summed E-state index contributed by atoms with van der Waals surface area (Å²) in [6.07, 6.45) is 2.24. The highest BCUT2D eigenvalue weighted by molar-refractivity contribution is 6.05. The van der Waals surface area contributed by atoms with Gasteiger partial charge in [-0.05, 0) is 53.1 Å². The van der Waals surface area contributed by atoms with Gasteiger partial charge in [0.1, 0.15) is 5.75 Å².